The molecule has 0 spiro atoms. The molecular formula is C25H18N6OS. The molecule has 6 aromatic heterocycles. The Bertz CT molecular complexity index is 1680. The van der Waals surface area contributed by atoms with Crippen LogP contribution in [0.3, 0.4) is 0 Å². The maximum atomic E-state index is 11.8. The fraction of sp³-hybridized carbons (Fsp3) is 0.0800. The standard InChI is InChI=1S/C25H18N6OS/c1-13-5-7-26-12-18(13)15-9-17-23(30-31-25(17)28-11-15)20-10-16-19(29-20)6-8-27-24(16)22-4-3-21(33-22)14(2)32/h3-12,29H,1-2H3,(H,28,30,31). The minimum absolute atomic E-state index is 0.0586. The number of carbonyl (C=O) groups excluding carboxylic acids is 1. The first-order chi connectivity index (χ1) is 16.1. The summed E-state index contributed by atoms with van der Waals surface area (Å²) in [6.45, 7) is 3.64. The van der Waals surface area contributed by atoms with Crippen LogP contribution in [0, 0.1) is 6.92 Å². The monoisotopic (exact) mass is 450 g/mol. The molecule has 0 aromatic carbocycles. The van der Waals surface area contributed by atoms with Gasteiger partial charge in [-0.1, -0.05) is 0 Å². The zero-order valence-electron chi connectivity index (χ0n) is 17.9. The number of pyridine rings is 3. The molecule has 0 unspecified atom stereocenters. The third kappa shape index (κ3) is 3.23. The van der Waals surface area contributed by atoms with Crippen molar-refractivity contribution >= 4 is 39.1 Å². The summed E-state index contributed by atoms with van der Waals surface area (Å²) in [4.78, 5) is 30.4. The average molecular weight is 451 g/mol. The maximum absolute atomic E-state index is 11.8. The van der Waals surface area contributed by atoms with E-state index in [1.165, 1.54) is 11.3 Å². The number of nitrogens with one attached hydrogen (secondary N) is 2. The number of carbonyl (C=O) groups is 1. The van der Waals surface area contributed by atoms with Gasteiger partial charge in [-0.15, -0.1) is 11.3 Å². The van der Waals surface area contributed by atoms with Gasteiger partial charge in [0.15, 0.2) is 11.4 Å². The summed E-state index contributed by atoms with van der Waals surface area (Å²) in [5.41, 5.74) is 7.35. The highest BCUT2D eigenvalue weighted by Gasteiger charge is 2.17. The number of nitrogens with zero attached hydrogens (tertiary/aromatic N) is 4. The lowest BCUT2D eigenvalue weighted by Crippen LogP contribution is -1.87. The summed E-state index contributed by atoms with van der Waals surface area (Å²) in [6.07, 6.45) is 7.26. The second kappa shape index (κ2) is 7.46. The summed E-state index contributed by atoms with van der Waals surface area (Å²) in [5.74, 6) is 0.0586. The van der Waals surface area contributed by atoms with E-state index in [4.69, 9.17) is 0 Å². The van der Waals surface area contributed by atoms with Crippen LogP contribution < -0.4 is 0 Å². The van der Waals surface area contributed by atoms with Crippen LogP contribution in [0.1, 0.15) is 22.2 Å². The zero-order valence-corrected chi connectivity index (χ0v) is 18.7. The first-order valence-corrected chi connectivity index (χ1v) is 11.2. The van der Waals surface area contributed by atoms with Crippen molar-refractivity contribution in [1.29, 1.82) is 0 Å². The Morgan fingerprint density at radius 1 is 0.970 bits per heavy atom. The first-order valence-electron chi connectivity index (χ1n) is 10.4. The second-order valence-corrected chi connectivity index (χ2v) is 8.99. The molecule has 0 amide bonds. The number of aromatic nitrogens is 6. The topological polar surface area (TPSA) is 100 Å². The number of H-pyrrole nitrogens is 2. The van der Waals surface area contributed by atoms with Crippen LogP contribution in [0.15, 0.2) is 61.2 Å². The molecule has 33 heavy (non-hydrogen) atoms. The first kappa shape index (κ1) is 19.5. The minimum Gasteiger partial charge on any atom is -0.353 e. The number of hydrogen-bond donors (Lipinski definition) is 2. The predicted octanol–water partition coefficient (Wildman–Crippen LogP) is 5.80. The summed E-state index contributed by atoms with van der Waals surface area (Å²) in [7, 11) is 0. The van der Waals surface area contributed by atoms with Crippen molar-refractivity contribution in [3.05, 3.63) is 71.6 Å². The molecule has 0 aliphatic rings. The number of hydrogen-bond acceptors (Lipinski definition) is 6. The van der Waals surface area contributed by atoms with Gasteiger partial charge in [-0.25, -0.2) is 4.98 Å². The number of rotatable bonds is 4. The van der Waals surface area contributed by atoms with Gasteiger partial charge < -0.3 is 4.98 Å². The Labute approximate surface area is 192 Å². The molecule has 6 aromatic rings. The summed E-state index contributed by atoms with van der Waals surface area (Å²) in [6, 6.07) is 11.9. The lowest BCUT2D eigenvalue weighted by molar-refractivity contribution is 0.102. The molecule has 8 heteroatoms. The van der Waals surface area contributed by atoms with Crippen molar-refractivity contribution in [3.8, 4) is 33.1 Å². The quantitative estimate of drug-likeness (QED) is 0.331. The molecule has 0 fully saturated rings. The van der Waals surface area contributed by atoms with Crippen LogP contribution in [0.4, 0.5) is 0 Å². The van der Waals surface area contributed by atoms with Crippen molar-refractivity contribution in [2.75, 3.05) is 0 Å². The Kier molecular flexibility index (Phi) is 4.41. The van der Waals surface area contributed by atoms with Gasteiger partial charge in [0.2, 0.25) is 0 Å². The van der Waals surface area contributed by atoms with Crippen LogP contribution in [0.5, 0.6) is 0 Å². The third-order valence-corrected chi connectivity index (χ3v) is 6.95. The number of ketones is 1. The largest absolute Gasteiger partial charge is 0.353 e. The molecule has 6 rings (SSSR count). The second-order valence-electron chi connectivity index (χ2n) is 7.91. The number of aryl methyl sites for hydroxylation is 1. The summed E-state index contributed by atoms with van der Waals surface area (Å²) >= 11 is 1.46. The molecule has 0 bridgehead atoms. The summed E-state index contributed by atoms with van der Waals surface area (Å²) in [5, 5.41) is 9.49. The number of fused-ring (bicyclic) bond motifs is 2. The Balaban J connectivity index is 1.49. The molecule has 0 saturated heterocycles. The van der Waals surface area contributed by atoms with Crippen molar-refractivity contribution < 1.29 is 4.79 Å². The molecule has 0 atom stereocenters. The number of thiophene rings is 1. The zero-order chi connectivity index (χ0) is 22.5. The van der Waals surface area contributed by atoms with Crippen LogP contribution >= 0.6 is 11.3 Å². The van der Waals surface area contributed by atoms with E-state index in [2.05, 4.69) is 49.2 Å². The fourth-order valence-electron chi connectivity index (χ4n) is 4.05. The van der Waals surface area contributed by atoms with Gasteiger partial charge in [-0.3, -0.25) is 19.9 Å². The number of aromatic amines is 2. The van der Waals surface area contributed by atoms with E-state index < -0.39 is 0 Å². The molecule has 0 aliphatic carbocycles. The molecule has 6 heterocycles. The Morgan fingerprint density at radius 3 is 2.70 bits per heavy atom. The Hall–Kier alpha value is -4.17. The average Bonchev–Trinajstić information content (AvgIpc) is 3.56. The molecule has 160 valence electrons. The van der Waals surface area contributed by atoms with Gasteiger partial charge in [0, 0.05) is 52.2 Å². The highest BCUT2D eigenvalue weighted by Crippen LogP contribution is 2.36. The molecule has 2 N–H and O–H groups in total. The molecule has 7 nitrogen and oxygen atoms in total. The molecule has 0 radical (unpaired) electrons. The van der Waals surface area contributed by atoms with Crippen LogP contribution in [-0.4, -0.2) is 35.9 Å². The van der Waals surface area contributed by atoms with E-state index in [1.807, 2.05) is 36.7 Å². The molecule has 0 saturated carbocycles. The molecule has 0 aliphatic heterocycles. The van der Waals surface area contributed by atoms with Gasteiger partial charge >= 0.3 is 0 Å². The molecular weight excluding hydrogens is 432 g/mol. The van der Waals surface area contributed by atoms with Gasteiger partial charge in [0.05, 0.1) is 21.1 Å². The van der Waals surface area contributed by atoms with Crippen LogP contribution in [0.2, 0.25) is 0 Å². The van der Waals surface area contributed by atoms with E-state index in [9.17, 15) is 4.79 Å². The van der Waals surface area contributed by atoms with Crippen LogP contribution in [0.25, 0.3) is 55.0 Å². The lowest BCUT2D eigenvalue weighted by Gasteiger charge is -2.04. The number of Topliss-reactive ketones (excluding diaryl/α,β-unsaturated/α-hetero) is 1. The van der Waals surface area contributed by atoms with Crippen LogP contribution in [-0.2, 0) is 0 Å². The van der Waals surface area contributed by atoms with E-state index in [0.717, 1.165) is 65.5 Å². The van der Waals surface area contributed by atoms with Gasteiger partial charge in [0.25, 0.3) is 0 Å². The highest BCUT2D eigenvalue weighted by molar-refractivity contribution is 7.17. The minimum atomic E-state index is 0.0586. The van der Waals surface area contributed by atoms with Crippen molar-refractivity contribution in [3.63, 3.8) is 0 Å². The van der Waals surface area contributed by atoms with E-state index in [1.54, 1.807) is 19.3 Å². The fourth-order valence-corrected chi connectivity index (χ4v) is 4.97. The van der Waals surface area contributed by atoms with Crippen molar-refractivity contribution in [2.24, 2.45) is 0 Å². The summed E-state index contributed by atoms with van der Waals surface area (Å²) < 4.78 is 0. The van der Waals surface area contributed by atoms with Gasteiger partial charge in [-0.2, -0.15) is 5.10 Å². The highest BCUT2D eigenvalue weighted by atomic mass is 32.1. The smallest absolute Gasteiger partial charge is 0.169 e. The van der Waals surface area contributed by atoms with E-state index in [0.29, 0.717) is 0 Å². The van der Waals surface area contributed by atoms with Gasteiger partial charge in [0.1, 0.15) is 5.69 Å². The van der Waals surface area contributed by atoms with Gasteiger partial charge in [-0.05, 0) is 55.8 Å². The van der Waals surface area contributed by atoms with Crippen molar-refractivity contribution in [2.45, 2.75) is 13.8 Å². The predicted molar refractivity (Wildman–Crippen MR) is 130 cm³/mol. The SMILES string of the molecule is CC(=O)c1ccc(-c2nccc3[nH]c(-c4n[nH]c5ncc(-c6cnccc6C)cc45)cc23)s1. The third-order valence-electron chi connectivity index (χ3n) is 5.76. The van der Waals surface area contributed by atoms with E-state index in [-0.39, 0.29) is 5.78 Å². The Morgan fingerprint density at radius 2 is 1.88 bits per heavy atom. The van der Waals surface area contributed by atoms with E-state index >= 15 is 0 Å². The lowest BCUT2D eigenvalue weighted by atomic mass is 10.0. The normalized spacial score (nSPS) is 11.5. The van der Waals surface area contributed by atoms with Crippen molar-refractivity contribution in [1.82, 2.24) is 30.1 Å². The maximum Gasteiger partial charge on any atom is 0.169 e.